The number of aromatic amines is 1. The molecule has 1 fully saturated rings. The number of nitrogens with zero attached hydrogens (tertiary/aromatic N) is 2. The van der Waals surface area contributed by atoms with Crippen LogP contribution in [0.5, 0.6) is 0 Å². The summed E-state index contributed by atoms with van der Waals surface area (Å²) in [4.78, 5) is 33.2. The monoisotopic (exact) mass is 363 g/mol. The Hall–Kier alpha value is -3.15. The van der Waals surface area contributed by atoms with Crippen molar-refractivity contribution < 1.29 is 14.7 Å². The van der Waals surface area contributed by atoms with E-state index in [4.69, 9.17) is 5.11 Å². The molecule has 138 valence electrons. The number of H-pyrrole nitrogens is 1. The van der Waals surface area contributed by atoms with Crippen molar-refractivity contribution in [1.29, 1.82) is 0 Å². The van der Waals surface area contributed by atoms with Gasteiger partial charge in [0.25, 0.3) is 5.91 Å². The van der Waals surface area contributed by atoms with Crippen LogP contribution in [0.15, 0.2) is 42.6 Å². The molecule has 0 unspecified atom stereocenters. The number of hydrogen-bond acceptors (Lipinski definition) is 3. The lowest BCUT2D eigenvalue weighted by Crippen LogP contribution is -2.38. The smallest absolute Gasteiger partial charge is 0.337 e. The van der Waals surface area contributed by atoms with Crippen LogP contribution in [0.2, 0.25) is 0 Å². The quantitative estimate of drug-likeness (QED) is 0.744. The third kappa shape index (κ3) is 3.18. The molecule has 1 aliphatic heterocycles. The number of likely N-dealkylation sites (tertiary alicyclic amines) is 1. The van der Waals surface area contributed by atoms with Gasteiger partial charge in [0.15, 0.2) is 0 Å². The van der Waals surface area contributed by atoms with Gasteiger partial charge in [0.2, 0.25) is 0 Å². The number of aromatic nitrogens is 2. The average Bonchev–Trinajstić information content (AvgIpc) is 3.11. The third-order valence-corrected chi connectivity index (χ3v) is 5.38. The summed E-state index contributed by atoms with van der Waals surface area (Å²) >= 11 is 0. The molecule has 0 radical (unpaired) electrons. The molecule has 0 atom stereocenters. The van der Waals surface area contributed by atoms with Gasteiger partial charge >= 0.3 is 5.97 Å². The third-order valence-electron chi connectivity index (χ3n) is 5.38. The molecule has 2 aromatic heterocycles. The fraction of sp³-hybridized carbons (Fsp3) is 0.286. The van der Waals surface area contributed by atoms with Crippen LogP contribution in [-0.4, -0.2) is 44.9 Å². The molecule has 4 rings (SSSR count). The zero-order valence-corrected chi connectivity index (χ0v) is 15.1. The Morgan fingerprint density at radius 2 is 1.89 bits per heavy atom. The number of benzene rings is 1. The normalized spacial score (nSPS) is 15.2. The van der Waals surface area contributed by atoms with Gasteiger partial charge in [0.05, 0.1) is 11.3 Å². The number of aromatic carboxylic acids is 1. The predicted molar refractivity (Wildman–Crippen MR) is 102 cm³/mol. The van der Waals surface area contributed by atoms with E-state index in [1.54, 1.807) is 6.92 Å². The molecule has 6 heteroatoms. The van der Waals surface area contributed by atoms with Crippen LogP contribution in [0.25, 0.3) is 10.9 Å². The van der Waals surface area contributed by atoms with E-state index < -0.39 is 5.97 Å². The van der Waals surface area contributed by atoms with Crippen LogP contribution < -0.4 is 0 Å². The molecule has 0 spiro atoms. The number of pyridine rings is 1. The van der Waals surface area contributed by atoms with Crippen LogP contribution in [0, 0.1) is 6.92 Å². The topological polar surface area (TPSA) is 86.3 Å². The van der Waals surface area contributed by atoms with Crippen LogP contribution in [-0.2, 0) is 0 Å². The number of hydrogen-bond donors (Lipinski definition) is 2. The first-order valence-corrected chi connectivity index (χ1v) is 9.11. The maximum Gasteiger partial charge on any atom is 0.337 e. The minimum Gasteiger partial charge on any atom is -0.478 e. The number of fused-ring (bicyclic) bond motifs is 1. The Labute approximate surface area is 156 Å². The lowest BCUT2D eigenvalue weighted by molar-refractivity contribution is 0.0684. The van der Waals surface area contributed by atoms with Crippen LogP contribution in [0.4, 0.5) is 0 Å². The molecule has 3 aromatic rings. The zero-order chi connectivity index (χ0) is 19.0. The van der Waals surface area contributed by atoms with E-state index in [1.807, 2.05) is 17.0 Å². The molecule has 0 bridgehead atoms. The van der Waals surface area contributed by atoms with Gasteiger partial charge in [-0.1, -0.05) is 18.2 Å². The van der Waals surface area contributed by atoms with Gasteiger partial charge in [-0.25, -0.2) is 9.78 Å². The highest BCUT2D eigenvalue weighted by atomic mass is 16.4. The first-order valence-electron chi connectivity index (χ1n) is 9.11. The summed E-state index contributed by atoms with van der Waals surface area (Å²) in [5.74, 6) is -0.736. The summed E-state index contributed by atoms with van der Waals surface area (Å²) in [6.07, 6.45) is 3.89. The first kappa shape index (κ1) is 17.3. The highest BCUT2D eigenvalue weighted by molar-refractivity contribution is 5.94. The maximum atomic E-state index is 12.7. The molecule has 1 saturated heterocycles. The summed E-state index contributed by atoms with van der Waals surface area (Å²) in [6.45, 7) is 2.96. The maximum absolute atomic E-state index is 12.7. The van der Waals surface area contributed by atoms with Gasteiger partial charge in [0.1, 0.15) is 5.69 Å². The van der Waals surface area contributed by atoms with Crippen molar-refractivity contribution in [2.24, 2.45) is 0 Å². The Morgan fingerprint density at radius 1 is 1.15 bits per heavy atom. The van der Waals surface area contributed by atoms with E-state index in [0.29, 0.717) is 30.4 Å². The molecule has 0 saturated carbocycles. The van der Waals surface area contributed by atoms with E-state index in [9.17, 15) is 9.59 Å². The molecule has 0 aliphatic carbocycles. The Balaban J connectivity index is 1.47. The van der Waals surface area contributed by atoms with Crippen LogP contribution >= 0.6 is 0 Å². The number of carbonyl (C=O) groups is 2. The van der Waals surface area contributed by atoms with Crippen molar-refractivity contribution in [3.8, 4) is 0 Å². The fourth-order valence-electron chi connectivity index (χ4n) is 3.89. The predicted octanol–water partition coefficient (Wildman–Crippen LogP) is 3.59. The number of rotatable bonds is 3. The van der Waals surface area contributed by atoms with Crippen molar-refractivity contribution in [3.63, 3.8) is 0 Å². The lowest BCUT2D eigenvalue weighted by Gasteiger charge is -2.32. The van der Waals surface area contributed by atoms with Crippen molar-refractivity contribution >= 4 is 22.8 Å². The molecule has 1 aliphatic rings. The molecule has 1 aromatic carbocycles. The number of carboxylic acid groups (broad SMARTS) is 1. The van der Waals surface area contributed by atoms with Crippen LogP contribution in [0.1, 0.15) is 50.9 Å². The number of nitrogens with one attached hydrogen (secondary N) is 1. The Kier molecular flexibility index (Phi) is 4.39. The van der Waals surface area contributed by atoms with E-state index in [1.165, 1.54) is 23.1 Å². The summed E-state index contributed by atoms with van der Waals surface area (Å²) in [5.41, 5.74) is 3.26. The van der Waals surface area contributed by atoms with Crippen molar-refractivity contribution in [1.82, 2.24) is 14.9 Å². The summed E-state index contributed by atoms with van der Waals surface area (Å²) in [7, 11) is 0. The van der Waals surface area contributed by atoms with Gasteiger partial charge < -0.3 is 15.0 Å². The largest absolute Gasteiger partial charge is 0.478 e. The van der Waals surface area contributed by atoms with Gasteiger partial charge in [0, 0.05) is 30.2 Å². The molecule has 1 amide bonds. The van der Waals surface area contributed by atoms with Crippen molar-refractivity contribution in [2.45, 2.75) is 25.7 Å². The molecule has 27 heavy (non-hydrogen) atoms. The van der Waals surface area contributed by atoms with Gasteiger partial charge in [-0.2, -0.15) is 0 Å². The lowest BCUT2D eigenvalue weighted by atomic mass is 9.89. The van der Waals surface area contributed by atoms with Crippen molar-refractivity contribution in [3.05, 3.63) is 65.1 Å². The second-order valence-corrected chi connectivity index (χ2v) is 6.99. The van der Waals surface area contributed by atoms with E-state index >= 15 is 0 Å². The summed E-state index contributed by atoms with van der Waals surface area (Å²) < 4.78 is 0. The summed E-state index contributed by atoms with van der Waals surface area (Å²) in [5, 5.41) is 10.4. The first-order chi connectivity index (χ1) is 13.0. The number of piperidine rings is 1. The van der Waals surface area contributed by atoms with E-state index in [0.717, 1.165) is 18.4 Å². The fourth-order valence-corrected chi connectivity index (χ4v) is 3.89. The van der Waals surface area contributed by atoms with Gasteiger partial charge in [-0.05, 0) is 49.4 Å². The number of aryl methyl sites for hydroxylation is 1. The highest BCUT2D eigenvalue weighted by Crippen LogP contribution is 2.33. The highest BCUT2D eigenvalue weighted by Gasteiger charge is 2.27. The second-order valence-electron chi connectivity index (χ2n) is 6.99. The molecular weight excluding hydrogens is 342 g/mol. The number of para-hydroxylation sites is 1. The SMILES string of the molecule is Cc1nc(C(=O)N2CCC(c3c[nH]c4ccccc34)CC2)ccc1C(=O)O. The molecule has 2 N–H and O–H groups in total. The zero-order valence-electron chi connectivity index (χ0n) is 15.1. The Bertz CT molecular complexity index is 1020. The standard InChI is InChI=1S/C21H21N3O3/c1-13-15(21(26)27)6-7-19(23-13)20(25)24-10-8-14(9-11-24)17-12-22-18-5-3-2-4-16(17)18/h2-7,12,14,22H,8-11H2,1H3,(H,26,27). The second kappa shape index (κ2) is 6.87. The minimum absolute atomic E-state index is 0.129. The number of amides is 1. The summed E-state index contributed by atoms with van der Waals surface area (Å²) in [6, 6.07) is 11.2. The molecule has 3 heterocycles. The molecule has 6 nitrogen and oxygen atoms in total. The Morgan fingerprint density at radius 3 is 2.59 bits per heavy atom. The van der Waals surface area contributed by atoms with Gasteiger partial charge in [-0.15, -0.1) is 0 Å². The average molecular weight is 363 g/mol. The van der Waals surface area contributed by atoms with Crippen molar-refractivity contribution in [2.75, 3.05) is 13.1 Å². The number of carboxylic acids is 1. The minimum atomic E-state index is -1.03. The van der Waals surface area contributed by atoms with Gasteiger partial charge in [-0.3, -0.25) is 4.79 Å². The van der Waals surface area contributed by atoms with E-state index in [2.05, 4.69) is 28.3 Å². The van der Waals surface area contributed by atoms with E-state index in [-0.39, 0.29) is 11.5 Å². The number of carbonyl (C=O) groups excluding carboxylic acids is 1. The van der Waals surface area contributed by atoms with Crippen LogP contribution in [0.3, 0.4) is 0 Å². The molecular formula is C21H21N3O3.